The second-order valence-corrected chi connectivity index (χ2v) is 4.41. The molecule has 0 heterocycles. The lowest BCUT2D eigenvalue weighted by Crippen LogP contribution is -3.12. The van der Waals surface area contributed by atoms with Gasteiger partial charge in [0.2, 0.25) is 0 Å². The van der Waals surface area contributed by atoms with Gasteiger partial charge in [0.25, 0.3) is 0 Å². The maximum Gasteiger partial charge on any atom is 0.0770 e. The van der Waals surface area contributed by atoms with E-state index in [0.717, 1.165) is 0 Å². The van der Waals surface area contributed by atoms with E-state index in [1.807, 2.05) is 4.90 Å². The van der Waals surface area contributed by atoms with Crippen LogP contribution in [0.5, 0.6) is 0 Å². The van der Waals surface area contributed by atoms with E-state index in [-0.39, 0.29) is 0 Å². The molecule has 14 heavy (non-hydrogen) atoms. The molecule has 1 N–H and O–H groups in total. The summed E-state index contributed by atoms with van der Waals surface area (Å²) in [6, 6.07) is 0. The predicted molar refractivity (Wildman–Crippen MR) is 64.9 cm³/mol. The van der Waals surface area contributed by atoms with E-state index in [9.17, 15) is 0 Å². The Balaban J connectivity index is 3.49. The third-order valence-electron chi connectivity index (χ3n) is 2.90. The minimum atomic E-state index is 1.35. The van der Waals surface area contributed by atoms with Crippen LogP contribution in [0.1, 0.15) is 65.7 Å². The minimum absolute atomic E-state index is 1.35. The third-order valence-corrected chi connectivity index (χ3v) is 2.90. The van der Waals surface area contributed by atoms with Crippen molar-refractivity contribution in [2.24, 2.45) is 0 Å². The fourth-order valence-corrected chi connectivity index (χ4v) is 1.85. The lowest BCUT2D eigenvalue weighted by molar-refractivity contribution is -0.900. The summed E-state index contributed by atoms with van der Waals surface area (Å²) in [7, 11) is 0. The first-order valence-electron chi connectivity index (χ1n) is 6.68. The van der Waals surface area contributed by atoms with Crippen molar-refractivity contribution in [3.05, 3.63) is 0 Å². The average molecular weight is 200 g/mol. The number of nitrogens with one attached hydrogen (secondary N) is 1. The van der Waals surface area contributed by atoms with Crippen LogP contribution >= 0.6 is 0 Å². The maximum absolute atomic E-state index is 2.30. The molecule has 0 atom stereocenters. The van der Waals surface area contributed by atoms with E-state index < -0.39 is 0 Å². The smallest absolute Gasteiger partial charge is 0.0770 e. The second kappa shape index (κ2) is 11.0. The Morgan fingerprint density at radius 2 is 1.00 bits per heavy atom. The van der Waals surface area contributed by atoms with E-state index >= 15 is 0 Å². The van der Waals surface area contributed by atoms with Crippen LogP contribution in [0.2, 0.25) is 0 Å². The summed E-state index contributed by atoms with van der Waals surface area (Å²) in [5.41, 5.74) is 0. The molecule has 0 saturated carbocycles. The highest BCUT2D eigenvalue weighted by atomic mass is 15.1. The van der Waals surface area contributed by atoms with Crippen LogP contribution in [0.3, 0.4) is 0 Å². The summed E-state index contributed by atoms with van der Waals surface area (Å²) in [6.07, 6.45) is 9.72. The van der Waals surface area contributed by atoms with Gasteiger partial charge in [-0.2, -0.15) is 0 Å². The van der Waals surface area contributed by atoms with Gasteiger partial charge in [-0.25, -0.2) is 0 Å². The van der Waals surface area contributed by atoms with Crippen molar-refractivity contribution in [2.45, 2.75) is 65.7 Å². The molecule has 0 aromatic rings. The molecule has 0 aromatic carbocycles. The van der Waals surface area contributed by atoms with Crippen molar-refractivity contribution in [2.75, 3.05) is 19.6 Å². The highest BCUT2D eigenvalue weighted by Crippen LogP contribution is 1.90. The van der Waals surface area contributed by atoms with Crippen LogP contribution in [0.25, 0.3) is 0 Å². The molecular formula is C13H30N+. The summed E-state index contributed by atoms with van der Waals surface area (Å²) in [6.45, 7) is 11.1. The van der Waals surface area contributed by atoms with Crippen LogP contribution in [0, 0.1) is 0 Å². The summed E-state index contributed by atoms with van der Waals surface area (Å²) in [5.74, 6) is 0. The van der Waals surface area contributed by atoms with Gasteiger partial charge in [0.15, 0.2) is 0 Å². The van der Waals surface area contributed by atoms with Gasteiger partial charge < -0.3 is 4.90 Å². The van der Waals surface area contributed by atoms with Gasteiger partial charge in [0, 0.05) is 0 Å². The second-order valence-electron chi connectivity index (χ2n) is 4.41. The van der Waals surface area contributed by atoms with E-state index in [1.54, 1.807) is 0 Å². The van der Waals surface area contributed by atoms with Crippen LogP contribution in [0.15, 0.2) is 0 Å². The van der Waals surface area contributed by atoms with Gasteiger partial charge in [-0.15, -0.1) is 0 Å². The standard InChI is InChI=1S/C13H29N/c1-4-7-10-13-14(11-8-5-2)12-9-6-3/h4-13H2,1-3H3/p+1. The highest BCUT2D eigenvalue weighted by molar-refractivity contribution is 4.39. The molecule has 0 spiro atoms. The number of hydrogen-bond acceptors (Lipinski definition) is 0. The monoisotopic (exact) mass is 200 g/mol. The summed E-state index contributed by atoms with van der Waals surface area (Å²) < 4.78 is 0. The molecule has 1 nitrogen and oxygen atoms in total. The van der Waals surface area contributed by atoms with Crippen molar-refractivity contribution >= 4 is 0 Å². The van der Waals surface area contributed by atoms with Gasteiger partial charge in [-0.3, -0.25) is 0 Å². The van der Waals surface area contributed by atoms with Crippen LogP contribution < -0.4 is 4.90 Å². The van der Waals surface area contributed by atoms with Gasteiger partial charge in [0.1, 0.15) is 0 Å². The molecule has 1 heteroatoms. The Morgan fingerprint density at radius 1 is 0.571 bits per heavy atom. The van der Waals surface area contributed by atoms with Crippen molar-refractivity contribution < 1.29 is 4.90 Å². The quantitative estimate of drug-likeness (QED) is 0.517. The molecular weight excluding hydrogens is 170 g/mol. The van der Waals surface area contributed by atoms with Crippen molar-refractivity contribution in [1.29, 1.82) is 0 Å². The Hall–Kier alpha value is -0.0400. The third kappa shape index (κ3) is 8.55. The molecule has 0 bridgehead atoms. The first-order valence-corrected chi connectivity index (χ1v) is 6.68. The molecule has 0 aliphatic rings. The van der Waals surface area contributed by atoms with E-state index in [4.69, 9.17) is 0 Å². The Labute approximate surface area is 90.9 Å². The molecule has 0 aromatic heterocycles. The summed E-state index contributed by atoms with van der Waals surface area (Å²) in [5, 5.41) is 0. The minimum Gasteiger partial charge on any atom is -0.335 e. The number of rotatable bonds is 10. The van der Waals surface area contributed by atoms with E-state index in [0.29, 0.717) is 0 Å². The number of unbranched alkanes of at least 4 members (excludes halogenated alkanes) is 4. The van der Waals surface area contributed by atoms with Crippen molar-refractivity contribution in [3.63, 3.8) is 0 Å². The molecule has 0 aliphatic heterocycles. The normalized spacial score (nSPS) is 11.1. The molecule has 0 rings (SSSR count). The molecule has 0 unspecified atom stereocenters. The zero-order chi connectivity index (χ0) is 10.6. The molecule has 0 fully saturated rings. The average Bonchev–Trinajstić information content (AvgIpc) is 2.21. The zero-order valence-corrected chi connectivity index (χ0v) is 10.6. The maximum atomic E-state index is 2.30. The lowest BCUT2D eigenvalue weighted by atomic mass is 10.2. The molecule has 0 aliphatic carbocycles. The van der Waals surface area contributed by atoms with Crippen LogP contribution in [0.4, 0.5) is 0 Å². The van der Waals surface area contributed by atoms with Gasteiger partial charge in [0.05, 0.1) is 19.6 Å². The van der Waals surface area contributed by atoms with Crippen LogP contribution in [-0.4, -0.2) is 19.6 Å². The number of quaternary nitrogens is 1. The van der Waals surface area contributed by atoms with E-state index in [1.165, 1.54) is 64.6 Å². The predicted octanol–water partition coefficient (Wildman–Crippen LogP) is 2.66. The van der Waals surface area contributed by atoms with Gasteiger partial charge >= 0.3 is 0 Å². The van der Waals surface area contributed by atoms with Crippen LogP contribution in [-0.2, 0) is 0 Å². The molecule has 0 amide bonds. The first-order chi connectivity index (χ1) is 6.85. The summed E-state index contributed by atoms with van der Waals surface area (Å²) in [4.78, 5) is 1.85. The molecule has 0 radical (unpaired) electrons. The van der Waals surface area contributed by atoms with Crippen molar-refractivity contribution in [1.82, 2.24) is 0 Å². The topological polar surface area (TPSA) is 4.44 Å². The largest absolute Gasteiger partial charge is 0.335 e. The fourth-order valence-electron chi connectivity index (χ4n) is 1.85. The lowest BCUT2D eigenvalue weighted by Gasteiger charge is -2.18. The summed E-state index contributed by atoms with van der Waals surface area (Å²) >= 11 is 0. The molecule has 86 valence electrons. The highest BCUT2D eigenvalue weighted by Gasteiger charge is 2.05. The number of hydrogen-bond donors (Lipinski definition) is 1. The SMILES string of the molecule is CCCCC[NH+](CCCC)CCCC. The zero-order valence-electron chi connectivity index (χ0n) is 10.6. The Kier molecular flexibility index (Phi) is 11.0. The van der Waals surface area contributed by atoms with Gasteiger partial charge in [-0.1, -0.05) is 40.0 Å². The van der Waals surface area contributed by atoms with E-state index in [2.05, 4.69) is 20.8 Å². The van der Waals surface area contributed by atoms with Gasteiger partial charge in [-0.05, 0) is 25.7 Å². The van der Waals surface area contributed by atoms with Crippen molar-refractivity contribution in [3.8, 4) is 0 Å². The Morgan fingerprint density at radius 3 is 1.43 bits per heavy atom. The fraction of sp³-hybridized carbons (Fsp3) is 1.00. The molecule has 0 saturated heterocycles. The Bertz CT molecular complexity index is 93.4. The first kappa shape index (κ1) is 14.0.